The number of nitrogens with one attached hydrogen (secondary N) is 1. The lowest BCUT2D eigenvalue weighted by molar-refractivity contribution is -0.00624. The van der Waals surface area contributed by atoms with E-state index in [1.54, 1.807) is 0 Å². The van der Waals surface area contributed by atoms with Crippen LogP contribution in [0.3, 0.4) is 0 Å². The zero-order chi connectivity index (χ0) is 14.6. The molecule has 0 radical (unpaired) electrons. The fourth-order valence-electron chi connectivity index (χ4n) is 2.28. The monoisotopic (exact) mass is 295 g/mol. The van der Waals surface area contributed by atoms with E-state index in [1.165, 1.54) is 18.4 Å². The van der Waals surface area contributed by atoms with Crippen LogP contribution in [0.2, 0.25) is 5.02 Å². The number of halogens is 1. The molecular formula is C17H26ClNO. The highest BCUT2D eigenvalue weighted by Crippen LogP contribution is 2.28. The smallest absolute Gasteiger partial charge is 0.0598 e. The van der Waals surface area contributed by atoms with Crippen molar-refractivity contribution in [1.29, 1.82) is 0 Å². The van der Waals surface area contributed by atoms with Crippen molar-refractivity contribution in [2.45, 2.75) is 57.6 Å². The molecule has 0 spiro atoms. The summed E-state index contributed by atoms with van der Waals surface area (Å²) < 4.78 is 5.87. The number of rotatable bonds is 7. The van der Waals surface area contributed by atoms with Crippen LogP contribution in [0.25, 0.3) is 0 Å². The van der Waals surface area contributed by atoms with Gasteiger partial charge in [0.2, 0.25) is 0 Å². The van der Waals surface area contributed by atoms with Gasteiger partial charge in [-0.15, -0.1) is 0 Å². The van der Waals surface area contributed by atoms with Gasteiger partial charge in [0.1, 0.15) is 0 Å². The molecule has 1 aliphatic rings. The summed E-state index contributed by atoms with van der Waals surface area (Å²) in [5.74, 6) is 0.423. The van der Waals surface area contributed by atoms with Gasteiger partial charge >= 0.3 is 0 Å². The Labute approximate surface area is 127 Å². The van der Waals surface area contributed by atoms with Crippen LogP contribution < -0.4 is 5.32 Å². The molecule has 1 N–H and O–H groups in total. The molecule has 0 saturated heterocycles. The average Bonchev–Trinajstić information content (AvgIpc) is 3.17. The predicted octanol–water partition coefficient (Wildman–Crippen LogP) is 4.38. The Hall–Kier alpha value is -0.570. The second kappa shape index (κ2) is 6.93. The van der Waals surface area contributed by atoms with Gasteiger partial charge in [-0.2, -0.15) is 0 Å². The topological polar surface area (TPSA) is 21.3 Å². The van der Waals surface area contributed by atoms with Gasteiger partial charge in [-0.1, -0.05) is 29.8 Å². The van der Waals surface area contributed by atoms with Crippen molar-refractivity contribution in [3.05, 3.63) is 34.9 Å². The van der Waals surface area contributed by atoms with Gasteiger partial charge in [-0.05, 0) is 51.7 Å². The minimum atomic E-state index is -0.0745. The standard InChI is InChI=1S/C17H26ClNO/c1-17(2,3)20-11-10-13(12-19-14-8-9-14)15-6-4-5-7-16(15)18/h4-7,13-14,19H,8-12H2,1-3H3. The third kappa shape index (κ3) is 5.43. The van der Waals surface area contributed by atoms with E-state index in [9.17, 15) is 0 Å². The molecule has 1 aromatic carbocycles. The molecule has 112 valence electrons. The number of benzene rings is 1. The summed E-state index contributed by atoms with van der Waals surface area (Å²) in [6.07, 6.45) is 3.63. The lowest BCUT2D eigenvalue weighted by Gasteiger charge is -2.23. The SMILES string of the molecule is CC(C)(C)OCCC(CNC1CC1)c1ccccc1Cl. The molecule has 0 aromatic heterocycles. The molecule has 0 bridgehead atoms. The van der Waals surface area contributed by atoms with Crippen molar-refractivity contribution in [2.75, 3.05) is 13.2 Å². The Morgan fingerprint density at radius 1 is 1.30 bits per heavy atom. The fraction of sp³-hybridized carbons (Fsp3) is 0.647. The molecule has 3 heteroatoms. The van der Waals surface area contributed by atoms with Crippen molar-refractivity contribution >= 4 is 11.6 Å². The zero-order valence-corrected chi connectivity index (χ0v) is 13.5. The maximum absolute atomic E-state index is 6.35. The van der Waals surface area contributed by atoms with Crippen LogP contribution in [0.4, 0.5) is 0 Å². The number of ether oxygens (including phenoxy) is 1. The highest BCUT2D eigenvalue weighted by atomic mass is 35.5. The van der Waals surface area contributed by atoms with E-state index in [0.717, 1.165) is 30.6 Å². The Bertz CT molecular complexity index is 423. The summed E-state index contributed by atoms with van der Waals surface area (Å²) in [5, 5.41) is 4.48. The van der Waals surface area contributed by atoms with Gasteiger partial charge in [0, 0.05) is 30.1 Å². The largest absolute Gasteiger partial charge is 0.376 e. The predicted molar refractivity (Wildman–Crippen MR) is 85.5 cm³/mol. The highest BCUT2D eigenvalue weighted by Gasteiger charge is 2.23. The van der Waals surface area contributed by atoms with Crippen molar-refractivity contribution in [3.8, 4) is 0 Å². The molecule has 20 heavy (non-hydrogen) atoms. The van der Waals surface area contributed by atoms with E-state index in [2.05, 4.69) is 38.2 Å². The van der Waals surface area contributed by atoms with Gasteiger partial charge in [0.05, 0.1) is 5.60 Å². The lowest BCUT2D eigenvalue weighted by atomic mass is 9.95. The Balaban J connectivity index is 1.94. The quantitative estimate of drug-likeness (QED) is 0.806. The fourth-order valence-corrected chi connectivity index (χ4v) is 2.57. The molecule has 2 rings (SSSR count). The highest BCUT2D eigenvalue weighted by molar-refractivity contribution is 6.31. The summed E-state index contributed by atoms with van der Waals surface area (Å²) in [7, 11) is 0. The van der Waals surface area contributed by atoms with Crippen LogP contribution in [0.15, 0.2) is 24.3 Å². The van der Waals surface area contributed by atoms with E-state index >= 15 is 0 Å². The molecule has 0 aliphatic heterocycles. The maximum Gasteiger partial charge on any atom is 0.0598 e. The molecule has 1 aromatic rings. The molecule has 1 atom stereocenters. The van der Waals surface area contributed by atoms with Crippen LogP contribution in [-0.4, -0.2) is 24.8 Å². The zero-order valence-electron chi connectivity index (χ0n) is 12.8. The maximum atomic E-state index is 6.35. The van der Waals surface area contributed by atoms with E-state index in [-0.39, 0.29) is 5.60 Å². The van der Waals surface area contributed by atoms with Crippen LogP contribution in [0, 0.1) is 0 Å². The first-order valence-electron chi connectivity index (χ1n) is 7.57. The first-order valence-corrected chi connectivity index (χ1v) is 7.95. The molecule has 1 fully saturated rings. The van der Waals surface area contributed by atoms with Gasteiger partial charge in [0.25, 0.3) is 0 Å². The first-order chi connectivity index (χ1) is 9.46. The van der Waals surface area contributed by atoms with E-state index < -0.39 is 0 Å². The molecule has 2 nitrogen and oxygen atoms in total. The van der Waals surface area contributed by atoms with Crippen molar-refractivity contribution in [2.24, 2.45) is 0 Å². The molecule has 1 saturated carbocycles. The summed E-state index contributed by atoms with van der Waals surface area (Å²) >= 11 is 6.35. The van der Waals surface area contributed by atoms with Gasteiger partial charge in [-0.3, -0.25) is 0 Å². The van der Waals surface area contributed by atoms with Crippen molar-refractivity contribution < 1.29 is 4.74 Å². The number of hydrogen-bond acceptors (Lipinski definition) is 2. The lowest BCUT2D eigenvalue weighted by Crippen LogP contribution is -2.26. The molecule has 1 unspecified atom stereocenters. The van der Waals surface area contributed by atoms with E-state index in [1.807, 2.05) is 12.1 Å². The summed E-state index contributed by atoms with van der Waals surface area (Å²) in [5.41, 5.74) is 1.16. The normalized spacial score (nSPS) is 17.2. The Morgan fingerprint density at radius 2 is 2.00 bits per heavy atom. The van der Waals surface area contributed by atoms with Gasteiger partial charge < -0.3 is 10.1 Å². The molecule has 0 amide bonds. The average molecular weight is 296 g/mol. The second-order valence-electron chi connectivity index (χ2n) is 6.65. The minimum Gasteiger partial charge on any atom is -0.376 e. The van der Waals surface area contributed by atoms with E-state index in [0.29, 0.717) is 5.92 Å². The summed E-state index contributed by atoms with van der Waals surface area (Å²) in [6.45, 7) is 8.05. The van der Waals surface area contributed by atoms with Gasteiger partial charge in [0.15, 0.2) is 0 Å². The third-order valence-corrected chi connectivity index (χ3v) is 3.92. The second-order valence-corrected chi connectivity index (χ2v) is 7.06. The summed E-state index contributed by atoms with van der Waals surface area (Å²) in [6, 6.07) is 8.90. The molecule has 1 aliphatic carbocycles. The molecular weight excluding hydrogens is 270 g/mol. The minimum absolute atomic E-state index is 0.0745. The van der Waals surface area contributed by atoms with Crippen LogP contribution in [-0.2, 0) is 4.74 Å². The Kier molecular flexibility index (Phi) is 5.48. The molecule has 0 heterocycles. The summed E-state index contributed by atoms with van der Waals surface area (Å²) in [4.78, 5) is 0. The third-order valence-electron chi connectivity index (χ3n) is 3.58. The first kappa shape index (κ1) is 15.8. The van der Waals surface area contributed by atoms with Crippen LogP contribution in [0.1, 0.15) is 51.5 Å². The van der Waals surface area contributed by atoms with Crippen molar-refractivity contribution in [1.82, 2.24) is 5.32 Å². The van der Waals surface area contributed by atoms with Crippen LogP contribution >= 0.6 is 11.6 Å². The Morgan fingerprint density at radius 3 is 2.60 bits per heavy atom. The van der Waals surface area contributed by atoms with Crippen LogP contribution in [0.5, 0.6) is 0 Å². The van der Waals surface area contributed by atoms with Gasteiger partial charge in [-0.25, -0.2) is 0 Å². The van der Waals surface area contributed by atoms with Crippen molar-refractivity contribution in [3.63, 3.8) is 0 Å². The van der Waals surface area contributed by atoms with E-state index in [4.69, 9.17) is 16.3 Å². The number of hydrogen-bond donors (Lipinski definition) is 1.